The van der Waals surface area contributed by atoms with Crippen LogP contribution < -0.4 is 10.3 Å². The predicted molar refractivity (Wildman–Crippen MR) is 308 cm³/mol. The number of anilines is 1. The van der Waals surface area contributed by atoms with Crippen molar-refractivity contribution in [2.75, 3.05) is 45.7 Å². The molecule has 1 aromatic rings. The quantitative estimate of drug-likeness (QED) is 0.0652. The van der Waals surface area contributed by atoms with Crippen LogP contribution >= 0.6 is 15.0 Å². The molecular weight excluding hydrogens is 1120 g/mol. The van der Waals surface area contributed by atoms with Gasteiger partial charge in [-0.3, -0.25) is 33.2 Å². The number of carbonyl (C=O) groups excluding carboxylic acids is 6. The summed E-state index contributed by atoms with van der Waals surface area (Å²) in [6.45, 7) is 12.4. The van der Waals surface area contributed by atoms with Gasteiger partial charge in [0.15, 0.2) is 5.78 Å². The van der Waals surface area contributed by atoms with Crippen LogP contribution in [0.15, 0.2) is 65.9 Å². The van der Waals surface area contributed by atoms with Gasteiger partial charge in [-0.25, -0.2) is 14.6 Å². The summed E-state index contributed by atoms with van der Waals surface area (Å²) in [4.78, 5) is 120. The van der Waals surface area contributed by atoms with Gasteiger partial charge in [-0.05, 0) is 119 Å². The Balaban J connectivity index is 1.41. The molecule has 2 bridgehead atoms. The van der Waals surface area contributed by atoms with Crippen LogP contribution in [0.1, 0.15) is 126 Å². The van der Waals surface area contributed by atoms with E-state index in [1.807, 2.05) is 51.2 Å². The second-order valence-corrected chi connectivity index (χ2v) is 27.7. The van der Waals surface area contributed by atoms with Crippen molar-refractivity contribution >= 4 is 61.4 Å². The third-order valence-corrected chi connectivity index (χ3v) is 20.8. The van der Waals surface area contributed by atoms with Gasteiger partial charge in [0.05, 0.1) is 30.2 Å². The highest BCUT2D eigenvalue weighted by Gasteiger charge is 2.53. The Labute approximate surface area is 488 Å². The number of Topliss-reactive ketones (excluding diaryl/α,β-unsaturated/α-hetero) is 3. The highest BCUT2D eigenvalue weighted by atomic mass is 31.2. The van der Waals surface area contributed by atoms with Crippen molar-refractivity contribution in [3.05, 3.63) is 65.9 Å². The van der Waals surface area contributed by atoms with E-state index in [9.17, 15) is 62.8 Å². The third-order valence-electron chi connectivity index (χ3n) is 16.8. The summed E-state index contributed by atoms with van der Waals surface area (Å²) >= 11 is 0. The molecule has 1 unspecified atom stereocenters. The van der Waals surface area contributed by atoms with E-state index in [4.69, 9.17) is 28.4 Å². The van der Waals surface area contributed by atoms with E-state index in [-0.39, 0.29) is 54.9 Å². The summed E-state index contributed by atoms with van der Waals surface area (Å²) in [7, 11) is -3.59. The van der Waals surface area contributed by atoms with Crippen molar-refractivity contribution < 1.29 is 91.2 Å². The van der Waals surface area contributed by atoms with Gasteiger partial charge < -0.3 is 58.2 Å². The smallest absolute Gasteiger partial charge is 0.414 e. The molecule has 3 aliphatic heterocycles. The predicted octanol–water partition coefficient (Wildman–Crippen LogP) is 6.89. The number of methoxy groups -OCH3 is 3. The Kier molecular flexibility index (Phi) is 25.6. The minimum Gasteiger partial charge on any atom is -0.460 e. The monoisotopic (exact) mass is 1210 g/mol. The minimum absolute atomic E-state index is 0.0157. The van der Waals surface area contributed by atoms with Gasteiger partial charge in [0, 0.05) is 65.5 Å². The number of hydrogen-bond acceptors (Lipinski definition) is 17. The lowest BCUT2D eigenvalue weighted by atomic mass is 9.78. The molecule has 2 saturated heterocycles. The number of allylic oxidation sites excluding steroid dienone is 6. The molecule has 24 heteroatoms. The Hall–Kier alpha value is -4.57. The Morgan fingerprint density at radius 2 is 1.59 bits per heavy atom. The molecule has 4 aliphatic rings. The van der Waals surface area contributed by atoms with Gasteiger partial charge in [-0.1, -0.05) is 71.1 Å². The zero-order chi connectivity index (χ0) is 61.7. The lowest BCUT2D eigenvalue weighted by Crippen LogP contribution is -2.61. The maximum absolute atomic E-state index is 14.7. The summed E-state index contributed by atoms with van der Waals surface area (Å²) in [5, 5.41) is 23.6. The minimum atomic E-state index is -4.85. The first-order valence-corrected chi connectivity index (χ1v) is 32.3. The fraction of sp³-hybridized carbons (Fsp3) is 0.678. The van der Waals surface area contributed by atoms with Crippen molar-refractivity contribution in [1.82, 2.24) is 9.88 Å². The Morgan fingerprint density at radius 1 is 0.880 bits per heavy atom. The number of nitrogens with zero attached hydrogens (tertiary/aromatic N) is 3. The van der Waals surface area contributed by atoms with Gasteiger partial charge in [0.1, 0.15) is 47.6 Å². The number of amides is 2. The van der Waals surface area contributed by atoms with Crippen molar-refractivity contribution in [2.24, 2.45) is 35.5 Å². The van der Waals surface area contributed by atoms with Crippen LogP contribution in [0.5, 0.6) is 0 Å². The molecule has 0 radical (unpaired) electrons. The molecular formula is C59H89N3O19P2. The molecule has 22 nitrogen and oxygen atoms in total. The average Bonchev–Trinajstić information content (AvgIpc) is 3.39. The molecule has 1 aliphatic carbocycles. The average molecular weight is 1210 g/mol. The lowest BCUT2D eigenvalue weighted by Gasteiger charge is -2.42. The summed E-state index contributed by atoms with van der Waals surface area (Å²) in [5.74, 6) is -10.3. The molecule has 2 amide bonds. The molecule has 83 heavy (non-hydrogen) atoms. The number of pyridine rings is 1. The summed E-state index contributed by atoms with van der Waals surface area (Å²) < 4.78 is 59.7. The fourth-order valence-corrected chi connectivity index (χ4v) is 14.8. The highest BCUT2D eigenvalue weighted by molar-refractivity contribution is 7.77. The Morgan fingerprint density at radius 3 is 2.23 bits per heavy atom. The zero-order valence-corrected chi connectivity index (χ0v) is 51.7. The molecule has 16 atom stereocenters. The van der Waals surface area contributed by atoms with Crippen LogP contribution in [0.25, 0.3) is 0 Å². The van der Waals surface area contributed by atoms with Crippen LogP contribution in [-0.2, 0) is 61.5 Å². The maximum Gasteiger partial charge on any atom is 0.414 e. The Bertz CT molecular complexity index is 2660. The summed E-state index contributed by atoms with van der Waals surface area (Å²) in [5.41, 5.74) is 0.888. The largest absolute Gasteiger partial charge is 0.460 e. The second-order valence-electron chi connectivity index (χ2n) is 23.4. The van der Waals surface area contributed by atoms with Crippen molar-refractivity contribution in [3.8, 4) is 0 Å². The molecule has 464 valence electrons. The number of hydrogen-bond donors (Lipinski definition) is 5. The normalized spacial score (nSPS) is 35.1. The van der Waals surface area contributed by atoms with Crippen LogP contribution in [-0.4, -0.2) is 165 Å². The number of cyclic esters (lactones) is 1. The van der Waals surface area contributed by atoms with Crippen LogP contribution in [0, 0.1) is 35.5 Å². The van der Waals surface area contributed by atoms with E-state index in [0.29, 0.717) is 63.4 Å². The number of ketones is 3. The second kappa shape index (κ2) is 30.7. The van der Waals surface area contributed by atoms with Crippen molar-refractivity contribution in [1.29, 1.82) is 0 Å². The van der Waals surface area contributed by atoms with Gasteiger partial charge in [0.25, 0.3) is 19.1 Å². The number of aromatic nitrogens is 1. The van der Waals surface area contributed by atoms with E-state index in [1.54, 1.807) is 40.9 Å². The van der Waals surface area contributed by atoms with Crippen LogP contribution in [0.3, 0.4) is 0 Å². The van der Waals surface area contributed by atoms with Gasteiger partial charge in [0.2, 0.25) is 5.79 Å². The van der Waals surface area contributed by atoms with Crippen LogP contribution in [0.4, 0.5) is 10.5 Å². The van der Waals surface area contributed by atoms with Gasteiger partial charge in [-0.15, -0.1) is 0 Å². The summed E-state index contributed by atoms with van der Waals surface area (Å²) in [6, 6.07) is 1.16. The maximum atomic E-state index is 14.7. The van der Waals surface area contributed by atoms with Gasteiger partial charge >= 0.3 is 19.7 Å². The first kappa shape index (κ1) is 69.2. The first-order chi connectivity index (χ1) is 38.9. The lowest BCUT2D eigenvalue weighted by molar-refractivity contribution is -0.265. The topological polar surface area (TPSA) is 312 Å². The van der Waals surface area contributed by atoms with E-state index in [2.05, 4.69) is 4.98 Å². The summed E-state index contributed by atoms with van der Waals surface area (Å²) in [6.07, 6.45) is 9.24. The number of piperidine rings is 1. The van der Waals surface area contributed by atoms with Crippen LogP contribution in [0.2, 0.25) is 0 Å². The molecule has 1 saturated carbocycles. The van der Waals surface area contributed by atoms with Crippen molar-refractivity contribution in [3.63, 3.8) is 0 Å². The first-order valence-electron chi connectivity index (χ1n) is 28.7. The molecule has 0 spiro atoms. The number of aliphatic hydroxyl groups excluding tert-OH is 1. The molecule has 5 rings (SSSR count). The molecule has 4 heterocycles. The number of fused-ring (bicyclic) bond motifs is 3. The number of ether oxygens (including phenoxy) is 6. The van der Waals surface area contributed by atoms with E-state index < -0.39 is 128 Å². The van der Waals surface area contributed by atoms with E-state index in [0.717, 1.165) is 27.6 Å². The molecule has 3 fully saturated rings. The van der Waals surface area contributed by atoms with E-state index >= 15 is 0 Å². The van der Waals surface area contributed by atoms with Gasteiger partial charge in [-0.2, -0.15) is 0 Å². The number of carbonyl (C=O) groups is 6. The highest BCUT2D eigenvalue weighted by Crippen LogP contribution is 2.53. The van der Waals surface area contributed by atoms with Crippen molar-refractivity contribution in [2.45, 2.75) is 180 Å². The standard InChI is InChI=1S/C59H89N3O19P2/c1-35-17-13-12-14-18-36(2)48(76-9)31-44-23-20-41(7)59(70,81-44)55(66)56(67)62-26-16-15-19-45(62)57(68)79-49(32-46(63)37(3)28-40(6)53(65)54(78-11)52(64)39(5)27-35)38(4)29-42-21-24-47(50(30-42)77-10)80-58(69)61(8)43-22-25-51(60-33-43)82(71,72)34-83(73,74)75/h12-14,17-18,22,25,28,33,35,37-39,41-42,44-45,47-50,53-54,65,70H,15-16,19-21,23-24,26-27,29-32,34H2,1-11H3,(H,71,72)(H2,73,74,75)/b14-12+,17-13-,36-18+,40-28+/t35-,37-,38-,39-,41-,42-,44+,45+,47-,48+,49+,50-,53-,54+,59-/m1/s1. The number of aliphatic hydroxyl groups is 2. The fourth-order valence-electron chi connectivity index (χ4n) is 11.7. The molecule has 1 aromatic heterocycles. The molecule has 0 aromatic carbocycles. The number of esters is 1. The zero-order valence-electron chi connectivity index (χ0n) is 49.9. The SMILES string of the molecule is CO[C@H]1C[C@@H]2CC[C@@H](C)[C@@](O)(O2)C(=O)C(=O)N2CCCC[C@H]2C(=O)O[C@H]([C@H](C)C[C@H]2CC[C@@H](OC(=O)N(C)c3ccc(P(=O)(O)CP(=O)(O)O)nc3)[C@H](OC)C2)CC(=O)[C@H](C)/C=C(\C)[C@@H](O)[C@@H](OC)C(=O)[C@H](C)C[C@H](C)\C=C/C=C/C=C/1C. The molecule has 5 N–H and O–H groups in total. The van der Waals surface area contributed by atoms with E-state index in [1.165, 1.54) is 27.3 Å². The third kappa shape index (κ3) is 18.7. The number of rotatable bonds is 11.